The lowest BCUT2D eigenvalue weighted by Crippen LogP contribution is -2.59. The van der Waals surface area contributed by atoms with E-state index in [0.29, 0.717) is 31.1 Å². The number of carbonyl (C=O) groups excluding carboxylic acids is 2. The lowest BCUT2D eigenvalue weighted by Gasteiger charge is -2.36. The van der Waals surface area contributed by atoms with Crippen LogP contribution in [0.5, 0.6) is 0 Å². The zero-order valence-electron chi connectivity index (χ0n) is 16.4. The molecule has 0 radical (unpaired) electrons. The number of unbranched alkanes of at least 4 members (excludes halogenated alkanes) is 1. The summed E-state index contributed by atoms with van der Waals surface area (Å²) in [6, 6.07) is 2.05. The highest BCUT2D eigenvalue weighted by Crippen LogP contribution is 2.29. The SMILES string of the molecule is CCCCNC(=O)C1(NC(=O)c2ccn(C3CCCNC3)n2)CCCCC1. The molecule has 2 aliphatic rings. The Kier molecular flexibility index (Phi) is 6.88. The summed E-state index contributed by atoms with van der Waals surface area (Å²) in [5.74, 6) is -0.287. The molecule has 1 saturated heterocycles. The fourth-order valence-corrected chi connectivity index (χ4v) is 4.12. The molecule has 0 spiro atoms. The normalized spacial score (nSPS) is 22.2. The summed E-state index contributed by atoms with van der Waals surface area (Å²) in [6.45, 7) is 4.69. The van der Waals surface area contributed by atoms with Crippen LogP contribution in [0.25, 0.3) is 0 Å². The molecular weight excluding hydrogens is 342 g/mol. The van der Waals surface area contributed by atoms with Gasteiger partial charge < -0.3 is 16.0 Å². The standard InChI is InChI=1S/C20H33N5O2/c1-2-3-13-22-19(27)20(10-5-4-6-11-20)23-18(26)17-9-14-25(24-17)16-8-7-12-21-15-16/h9,14,16,21H,2-8,10-13,15H2,1H3,(H,22,27)(H,23,26). The molecule has 1 aliphatic heterocycles. The molecule has 7 nitrogen and oxygen atoms in total. The molecule has 1 atom stereocenters. The molecular formula is C20H33N5O2. The second-order valence-electron chi connectivity index (χ2n) is 7.89. The molecule has 0 bridgehead atoms. The second kappa shape index (κ2) is 9.35. The summed E-state index contributed by atoms with van der Waals surface area (Å²) in [5.41, 5.74) is -0.397. The van der Waals surface area contributed by atoms with Crippen molar-refractivity contribution in [2.75, 3.05) is 19.6 Å². The van der Waals surface area contributed by atoms with Crippen LogP contribution in [-0.2, 0) is 4.79 Å². The maximum Gasteiger partial charge on any atom is 0.272 e. The third-order valence-electron chi connectivity index (χ3n) is 5.80. The van der Waals surface area contributed by atoms with Gasteiger partial charge in [-0.25, -0.2) is 0 Å². The van der Waals surface area contributed by atoms with E-state index < -0.39 is 5.54 Å². The van der Waals surface area contributed by atoms with Crippen molar-refractivity contribution in [1.82, 2.24) is 25.7 Å². The second-order valence-corrected chi connectivity index (χ2v) is 7.89. The molecule has 3 N–H and O–H groups in total. The summed E-state index contributed by atoms with van der Waals surface area (Å²) in [7, 11) is 0. The average molecular weight is 376 g/mol. The summed E-state index contributed by atoms with van der Waals surface area (Å²) >= 11 is 0. The Labute approximate surface area is 161 Å². The molecule has 2 heterocycles. The van der Waals surface area contributed by atoms with E-state index in [4.69, 9.17) is 0 Å². The van der Waals surface area contributed by atoms with Crippen LogP contribution in [0.1, 0.15) is 81.2 Å². The van der Waals surface area contributed by atoms with Crippen LogP contribution in [0, 0.1) is 0 Å². The van der Waals surface area contributed by atoms with Crippen LogP contribution in [0.15, 0.2) is 12.3 Å². The maximum absolute atomic E-state index is 12.9. The highest BCUT2D eigenvalue weighted by atomic mass is 16.2. The minimum atomic E-state index is -0.792. The first kappa shape index (κ1) is 19.9. The molecule has 3 rings (SSSR count). The number of carbonyl (C=O) groups is 2. The highest BCUT2D eigenvalue weighted by molar-refractivity contribution is 5.98. The number of hydrogen-bond acceptors (Lipinski definition) is 4. The number of aromatic nitrogens is 2. The Hall–Kier alpha value is -1.89. The largest absolute Gasteiger partial charge is 0.354 e. The predicted molar refractivity (Wildman–Crippen MR) is 105 cm³/mol. The number of hydrogen-bond donors (Lipinski definition) is 3. The number of piperidine rings is 1. The summed E-state index contributed by atoms with van der Waals surface area (Å²) < 4.78 is 1.88. The Balaban J connectivity index is 1.67. The predicted octanol–water partition coefficient (Wildman–Crippen LogP) is 2.16. The lowest BCUT2D eigenvalue weighted by molar-refractivity contribution is -0.128. The quantitative estimate of drug-likeness (QED) is 0.637. The Morgan fingerprint density at radius 3 is 2.81 bits per heavy atom. The molecule has 0 aromatic carbocycles. The smallest absolute Gasteiger partial charge is 0.272 e. The topological polar surface area (TPSA) is 88.0 Å². The van der Waals surface area contributed by atoms with Crippen molar-refractivity contribution >= 4 is 11.8 Å². The molecule has 1 unspecified atom stereocenters. The molecule has 1 saturated carbocycles. The number of nitrogens with one attached hydrogen (secondary N) is 3. The average Bonchev–Trinajstić information content (AvgIpc) is 3.20. The van der Waals surface area contributed by atoms with E-state index in [1.54, 1.807) is 6.07 Å². The van der Waals surface area contributed by atoms with Crippen LogP contribution >= 0.6 is 0 Å². The zero-order chi connectivity index (χ0) is 19.1. The van der Waals surface area contributed by atoms with E-state index in [-0.39, 0.29) is 11.8 Å². The Morgan fingerprint density at radius 2 is 2.11 bits per heavy atom. The lowest BCUT2D eigenvalue weighted by atomic mass is 9.80. The van der Waals surface area contributed by atoms with E-state index in [1.807, 2.05) is 10.9 Å². The van der Waals surface area contributed by atoms with Crippen LogP contribution in [0.4, 0.5) is 0 Å². The van der Waals surface area contributed by atoms with Gasteiger partial charge in [-0.05, 0) is 44.7 Å². The van der Waals surface area contributed by atoms with Gasteiger partial charge in [0.15, 0.2) is 0 Å². The van der Waals surface area contributed by atoms with Gasteiger partial charge in [-0.2, -0.15) is 5.10 Å². The monoisotopic (exact) mass is 375 g/mol. The molecule has 1 aliphatic carbocycles. The van der Waals surface area contributed by atoms with Crippen molar-refractivity contribution in [2.45, 2.75) is 76.3 Å². The van der Waals surface area contributed by atoms with Gasteiger partial charge in [0.25, 0.3) is 5.91 Å². The Morgan fingerprint density at radius 1 is 1.30 bits per heavy atom. The molecule has 2 amide bonds. The fraction of sp³-hybridized carbons (Fsp3) is 0.750. The van der Waals surface area contributed by atoms with Gasteiger partial charge in [-0.3, -0.25) is 14.3 Å². The van der Waals surface area contributed by atoms with Crippen molar-refractivity contribution in [3.8, 4) is 0 Å². The molecule has 27 heavy (non-hydrogen) atoms. The number of amides is 2. The first-order valence-electron chi connectivity index (χ1n) is 10.5. The minimum absolute atomic E-state index is 0.0417. The van der Waals surface area contributed by atoms with Crippen LogP contribution in [-0.4, -0.2) is 46.8 Å². The fourth-order valence-electron chi connectivity index (χ4n) is 4.12. The van der Waals surface area contributed by atoms with Crippen molar-refractivity contribution in [2.24, 2.45) is 0 Å². The third-order valence-corrected chi connectivity index (χ3v) is 5.80. The van der Waals surface area contributed by atoms with E-state index >= 15 is 0 Å². The van der Waals surface area contributed by atoms with Gasteiger partial charge in [0.05, 0.1) is 6.04 Å². The van der Waals surface area contributed by atoms with Crippen molar-refractivity contribution in [1.29, 1.82) is 0 Å². The van der Waals surface area contributed by atoms with E-state index in [1.165, 1.54) is 0 Å². The van der Waals surface area contributed by atoms with Gasteiger partial charge in [0.1, 0.15) is 11.2 Å². The zero-order valence-corrected chi connectivity index (χ0v) is 16.4. The molecule has 2 fully saturated rings. The molecule has 1 aromatic rings. The van der Waals surface area contributed by atoms with Crippen LogP contribution in [0.3, 0.4) is 0 Å². The van der Waals surface area contributed by atoms with Gasteiger partial charge in [0, 0.05) is 19.3 Å². The van der Waals surface area contributed by atoms with E-state index in [2.05, 4.69) is 28.0 Å². The highest BCUT2D eigenvalue weighted by Gasteiger charge is 2.41. The van der Waals surface area contributed by atoms with Crippen LogP contribution < -0.4 is 16.0 Å². The van der Waals surface area contributed by atoms with Gasteiger partial charge in [-0.1, -0.05) is 32.6 Å². The van der Waals surface area contributed by atoms with E-state index in [9.17, 15) is 9.59 Å². The number of rotatable bonds is 7. The first-order chi connectivity index (χ1) is 13.1. The van der Waals surface area contributed by atoms with Gasteiger partial charge in [0.2, 0.25) is 5.91 Å². The van der Waals surface area contributed by atoms with Crippen molar-refractivity contribution in [3.63, 3.8) is 0 Å². The molecule has 150 valence electrons. The van der Waals surface area contributed by atoms with Crippen molar-refractivity contribution < 1.29 is 9.59 Å². The third kappa shape index (κ3) is 4.89. The summed E-state index contributed by atoms with van der Waals surface area (Å²) in [6.07, 6.45) is 10.5. The molecule has 1 aromatic heterocycles. The van der Waals surface area contributed by atoms with Gasteiger partial charge in [-0.15, -0.1) is 0 Å². The minimum Gasteiger partial charge on any atom is -0.354 e. The van der Waals surface area contributed by atoms with Gasteiger partial charge >= 0.3 is 0 Å². The number of nitrogens with zero attached hydrogens (tertiary/aromatic N) is 2. The summed E-state index contributed by atoms with van der Waals surface area (Å²) in [5, 5.41) is 13.9. The van der Waals surface area contributed by atoms with E-state index in [0.717, 1.165) is 58.0 Å². The maximum atomic E-state index is 12.9. The Bertz CT molecular complexity index is 630. The van der Waals surface area contributed by atoms with Crippen molar-refractivity contribution in [3.05, 3.63) is 18.0 Å². The first-order valence-corrected chi connectivity index (χ1v) is 10.5. The summed E-state index contributed by atoms with van der Waals surface area (Å²) in [4.78, 5) is 25.7. The van der Waals surface area contributed by atoms with Crippen LogP contribution in [0.2, 0.25) is 0 Å². The molecule has 7 heteroatoms.